The van der Waals surface area contributed by atoms with Crippen molar-refractivity contribution in [2.75, 3.05) is 53.0 Å². The van der Waals surface area contributed by atoms with E-state index in [4.69, 9.17) is 9.47 Å². The van der Waals surface area contributed by atoms with Crippen molar-refractivity contribution in [2.45, 2.75) is 59.7 Å². The lowest BCUT2D eigenvalue weighted by atomic mass is 10.0. The number of hydrogen-bond acceptors (Lipinski definition) is 13. The van der Waals surface area contributed by atoms with Gasteiger partial charge in [0.25, 0.3) is 17.7 Å². The van der Waals surface area contributed by atoms with E-state index in [-0.39, 0.29) is 45.3 Å². The van der Waals surface area contributed by atoms with Crippen molar-refractivity contribution >= 4 is 69.8 Å². The van der Waals surface area contributed by atoms with Crippen molar-refractivity contribution in [3.63, 3.8) is 0 Å². The highest BCUT2D eigenvalue weighted by molar-refractivity contribution is 6.12. The molecule has 0 radical (unpaired) electrons. The molecule has 0 unspecified atom stereocenters. The first kappa shape index (κ1) is 65.3. The van der Waals surface area contributed by atoms with Crippen molar-refractivity contribution in [3.05, 3.63) is 239 Å². The Morgan fingerprint density at radius 2 is 0.640 bits per heavy atom. The quantitative estimate of drug-likeness (QED) is 0.0433. The van der Waals surface area contributed by atoms with Gasteiger partial charge in [-0.15, -0.1) is 0 Å². The minimum atomic E-state index is -1.15. The molecule has 9 N–H and O–H groups in total. The summed E-state index contributed by atoms with van der Waals surface area (Å²) in [5, 5.41) is 46.8. The topological polar surface area (TPSA) is 254 Å². The molecule has 0 saturated carbocycles. The van der Waals surface area contributed by atoms with Gasteiger partial charge in [-0.3, -0.25) is 14.4 Å². The van der Waals surface area contributed by atoms with E-state index >= 15 is 0 Å². The molecule has 17 nitrogen and oxygen atoms in total. The number of carbonyl (C=O) groups is 6. The lowest BCUT2D eigenvalue weighted by Gasteiger charge is -2.21. The Labute approximate surface area is 517 Å². The number of carbonyl (C=O) groups excluding carboxylic acids is 5. The number of benzene rings is 9. The molecule has 0 heterocycles. The van der Waals surface area contributed by atoms with E-state index < -0.39 is 40.9 Å². The normalized spacial score (nSPS) is 10.8. The summed E-state index contributed by atoms with van der Waals surface area (Å²) in [6.45, 7) is 12.7. The van der Waals surface area contributed by atoms with Crippen molar-refractivity contribution in [1.29, 1.82) is 0 Å². The number of esters is 2. The van der Waals surface area contributed by atoms with Gasteiger partial charge in [0, 0.05) is 55.9 Å². The number of amides is 3. The van der Waals surface area contributed by atoms with E-state index in [0.717, 1.165) is 44.6 Å². The number of ether oxygens (including phenoxy) is 2. The Morgan fingerprint density at radius 3 is 0.944 bits per heavy atom. The molecule has 89 heavy (non-hydrogen) atoms. The number of aryl methyl sites for hydroxylation is 1. The Balaban J connectivity index is 0.000000191. The Bertz CT molecular complexity index is 3850. The van der Waals surface area contributed by atoms with Crippen LogP contribution >= 0.6 is 0 Å². The smallest absolute Gasteiger partial charge is 0.340 e. The van der Waals surface area contributed by atoms with Crippen molar-refractivity contribution in [1.82, 2.24) is 0 Å². The predicted octanol–water partition coefficient (Wildman–Crippen LogP) is 15.3. The van der Waals surface area contributed by atoms with Crippen LogP contribution in [0.4, 0.5) is 34.1 Å². The molecule has 0 atom stereocenters. The highest BCUT2D eigenvalue weighted by Gasteiger charge is 2.25. The van der Waals surface area contributed by atoms with Gasteiger partial charge < -0.3 is 56.7 Å². The zero-order valence-corrected chi connectivity index (χ0v) is 51.2. The molecule has 0 aliphatic carbocycles. The summed E-state index contributed by atoms with van der Waals surface area (Å²) in [5.41, 5.74) is 9.16. The number of nitrogens with one attached hydrogen (secondary N) is 6. The van der Waals surface area contributed by atoms with Gasteiger partial charge in [0.05, 0.1) is 44.9 Å². The fraction of sp³-hybridized carbons (Fsp3) is 0.167. The number of aromatic carboxylic acids is 1. The summed E-state index contributed by atoms with van der Waals surface area (Å²) >= 11 is 0. The van der Waals surface area contributed by atoms with E-state index in [0.29, 0.717) is 33.9 Å². The average molecular weight is 1200 g/mol. The van der Waals surface area contributed by atoms with Crippen LogP contribution in [0.3, 0.4) is 0 Å². The second kappa shape index (κ2) is 29.3. The van der Waals surface area contributed by atoms with Crippen molar-refractivity contribution in [2.24, 2.45) is 0 Å². The largest absolute Gasteiger partial charge is 0.507 e. The Hall–Kier alpha value is -11.2. The third-order valence-electron chi connectivity index (χ3n) is 13.4. The zero-order valence-electron chi connectivity index (χ0n) is 51.2. The lowest BCUT2D eigenvalue weighted by molar-refractivity contribution is 0.00580. The van der Waals surface area contributed by atoms with Crippen LogP contribution in [0, 0.1) is 6.92 Å². The highest BCUT2D eigenvalue weighted by Crippen LogP contribution is 2.33. The van der Waals surface area contributed by atoms with Gasteiger partial charge in [0.15, 0.2) is 0 Å². The summed E-state index contributed by atoms with van der Waals surface area (Å²) in [6, 6.07) is 58.8. The van der Waals surface area contributed by atoms with Crippen LogP contribution in [0.5, 0.6) is 11.5 Å². The molecule has 0 aliphatic heterocycles. The molecule has 456 valence electrons. The van der Waals surface area contributed by atoms with Crippen LogP contribution in [0.1, 0.15) is 109 Å². The molecule has 0 fully saturated rings. The van der Waals surface area contributed by atoms with Gasteiger partial charge in [-0.05, 0) is 166 Å². The molecule has 0 saturated heterocycles. The van der Waals surface area contributed by atoms with Crippen molar-refractivity contribution in [3.8, 4) is 44.9 Å². The molecule has 0 aromatic heterocycles. The van der Waals surface area contributed by atoms with Gasteiger partial charge in [-0.2, -0.15) is 0 Å². The maximum Gasteiger partial charge on any atom is 0.340 e. The molecule has 0 aliphatic rings. The zero-order chi connectivity index (χ0) is 64.6. The summed E-state index contributed by atoms with van der Waals surface area (Å²) in [6.07, 6.45) is 0. The summed E-state index contributed by atoms with van der Waals surface area (Å²) in [4.78, 5) is 75.6. The Morgan fingerprint density at radius 1 is 0.348 bits per heavy atom. The van der Waals surface area contributed by atoms with Crippen LogP contribution in [0.15, 0.2) is 200 Å². The van der Waals surface area contributed by atoms with E-state index in [1.807, 2.05) is 156 Å². The number of phenolic OH excluding ortho intramolecular Hbond substituents is 2. The second-order valence-corrected chi connectivity index (χ2v) is 22.3. The summed E-state index contributed by atoms with van der Waals surface area (Å²) in [7, 11) is 5.25. The number of phenols is 2. The summed E-state index contributed by atoms with van der Waals surface area (Å²) in [5.74, 6) is -3.95. The predicted molar refractivity (Wildman–Crippen MR) is 353 cm³/mol. The first-order chi connectivity index (χ1) is 42.3. The van der Waals surface area contributed by atoms with E-state index in [9.17, 15) is 44.1 Å². The first-order valence-electron chi connectivity index (χ1n) is 28.4. The summed E-state index contributed by atoms with van der Waals surface area (Å²) < 4.78 is 11.1. The van der Waals surface area contributed by atoms with Gasteiger partial charge in [0.2, 0.25) is 0 Å². The van der Waals surface area contributed by atoms with E-state index in [2.05, 4.69) is 31.9 Å². The fourth-order valence-corrected chi connectivity index (χ4v) is 8.98. The molecule has 0 bridgehead atoms. The number of carboxylic acids is 1. The molecule has 9 rings (SSSR count). The van der Waals surface area contributed by atoms with E-state index in [1.54, 1.807) is 83.4 Å². The van der Waals surface area contributed by atoms with Crippen LogP contribution in [0.25, 0.3) is 33.4 Å². The number of aromatic hydroxyl groups is 2. The molecule has 0 spiro atoms. The minimum absolute atomic E-state index is 0.0330. The molecule has 9 aromatic rings. The van der Waals surface area contributed by atoms with Crippen LogP contribution in [-0.4, -0.2) is 83.3 Å². The maximum absolute atomic E-state index is 13.1. The fourth-order valence-electron chi connectivity index (χ4n) is 8.98. The van der Waals surface area contributed by atoms with Crippen LogP contribution in [0.2, 0.25) is 0 Å². The number of rotatable bonds is 15. The van der Waals surface area contributed by atoms with Gasteiger partial charge in [0.1, 0.15) is 22.7 Å². The van der Waals surface area contributed by atoms with Gasteiger partial charge >= 0.3 is 17.9 Å². The standard InChI is InChI=1S/C26H28N2O3.C25H26N2O4.C21H18N2O4/c1-17-15-20(27-5)12-14-21(17)24(29)28-23-16-19(18-9-7-6-8-10-18)11-13-22(23)25(30)31-26(2,3)4;1-25(2,3)31-24(30)19-12-10-17(16-8-6-5-7-9-16)14-21(19)27-23(29)20-13-11-18(26-4)15-22(20)28;1-22-15-8-10-17(19(24)12-15)20(25)23-18-11-14(7-9-16(18)21(26)27)13-5-3-2-4-6-13/h6-16,27H,1-5H3,(H,28,29);5-15,26,28H,1-4H3,(H,27,29);2-12,22,24H,1H3,(H,23,25)(H,26,27). The monoisotopic (exact) mass is 1200 g/mol. The molecule has 3 amide bonds. The van der Waals surface area contributed by atoms with E-state index in [1.165, 1.54) is 30.3 Å². The molecule has 17 heteroatoms. The van der Waals surface area contributed by atoms with Crippen LogP contribution < -0.4 is 31.9 Å². The average Bonchev–Trinajstić information content (AvgIpc) is 2.52. The SMILES string of the molecule is CNc1ccc(C(=O)Nc2cc(-c3ccccc3)ccc2C(=O)O)c(O)c1.CNc1ccc(C(=O)Nc2cc(-c3ccccc3)ccc2C(=O)OC(C)(C)C)c(C)c1.CNc1ccc(C(=O)Nc2cc(-c3ccccc3)ccc2C(=O)OC(C)(C)C)c(O)c1. The second-order valence-electron chi connectivity index (χ2n) is 22.3. The molecular formula is C72H72N6O11. The van der Waals surface area contributed by atoms with Crippen LogP contribution in [-0.2, 0) is 9.47 Å². The third kappa shape index (κ3) is 17.9. The lowest BCUT2D eigenvalue weighted by Crippen LogP contribution is -2.25. The Kier molecular flexibility index (Phi) is 21.5. The van der Waals surface area contributed by atoms with Gasteiger partial charge in [-0.1, -0.05) is 109 Å². The number of carboxylic acid groups (broad SMARTS) is 1. The first-order valence-corrected chi connectivity index (χ1v) is 28.4. The number of hydrogen-bond donors (Lipinski definition) is 9. The third-order valence-corrected chi connectivity index (χ3v) is 13.4. The van der Waals surface area contributed by atoms with Gasteiger partial charge in [-0.25, -0.2) is 14.4 Å². The number of anilines is 6. The van der Waals surface area contributed by atoms with Crippen molar-refractivity contribution < 1.29 is 53.6 Å². The molecular weight excluding hydrogens is 1120 g/mol. The molecule has 9 aromatic carbocycles. The maximum atomic E-state index is 13.1. The minimum Gasteiger partial charge on any atom is -0.507 e. The highest BCUT2D eigenvalue weighted by atomic mass is 16.6.